The van der Waals surface area contributed by atoms with Crippen LogP contribution in [-0.4, -0.2) is 10.8 Å². The van der Waals surface area contributed by atoms with E-state index in [-0.39, 0.29) is 0 Å². The van der Waals surface area contributed by atoms with Crippen LogP contribution < -0.4 is 0 Å². The third-order valence-corrected chi connectivity index (χ3v) is 2.70. The van der Waals surface area contributed by atoms with Gasteiger partial charge in [0.2, 0.25) is 0 Å². The second-order valence-corrected chi connectivity index (χ2v) is 3.80. The van der Waals surface area contributed by atoms with Gasteiger partial charge in [-0.15, -0.1) is 11.8 Å². The first-order chi connectivity index (χ1) is 5.79. The number of thioether (sulfide) groups is 1. The minimum atomic E-state index is 1.32. The molecule has 0 N–H and O–H groups in total. The predicted molar refractivity (Wildman–Crippen MR) is 54.7 cm³/mol. The second kappa shape index (κ2) is 2.87. The van der Waals surface area contributed by atoms with Gasteiger partial charge in [0, 0.05) is 29.7 Å². The molecule has 2 aromatic rings. The van der Waals surface area contributed by atoms with Crippen molar-refractivity contribution in [1.29, 1.82) is 0 Å². The van der Waals surface area contributed by atoms with Crippen molar-refractivity contribution < 1.29 is 0 Å². The first kappa shape index (κ1) is 7.74. The van der Waals surface area contributed by atoms with Gasteiger partial charge in [0.1, 0.15) is 0 Å². The van der Waals surface area contributed by atoms with Gasteiger partial charge in [-0.25, -0.2) is 0 Å². The van der Waals surface area contributed by atoms with Crippen molar-refractivity contribution in [3.05, 3.63) is 30.6 Å². The quantitative estimate of drug-likeness (QED) is 0.606. The SMILES string of the molecule is CSc1ccc2cn(C)cc2c1. The monoisotopic (exact) mass is 177 g/mol. The molecule has 1 heterocycles. The summed E-state index contributed by atoms with van der Waals surface area (Å²) >= 11 is 1.78. The molecule has 62 valence electrons. The maximum atomic E-state index is 2.22. The van der Waals surface area contributed by atoms with E-state index < -0.39 is 0 Å². The summed E-state index contributed by atoms with van der Waals surface area (Å²) in [6.45, 7) is 0. The molecule has 2 rings (SSSR count). The van der Waals surface area contributed by atoms with Crippen LogP contribution in [-0.2, 0) is 7.05 Å². The van der Waals surface area contributed by atoms with Crippen molar-refractivity contribution >= 4 is 22.5 Å². The minimum absolute atomic E-state index is 1.32. The lowest BCUT2D eigenvalue weighted by Gasteiger charge is -1.94. The van der Waals surface area contributed by atoms with Gasteiger partial charge >= 0.3 is 0 Å². The van der Waals surface area contributed by atoms with E-state index in [2.05, 4.69) is 48.5 Å². The van der Waals surface area contributed by atoms with Crippen molar-refractivity contribution in [1.82, 2.24) is 4.57 Å². The number of aryl methyl sites for hydroxylation is 1. The molecule has 1 aromatic carbocycles. The van der Waals surface area contributed by atoms with Crippen LogP contribution in [0.25, 0.3) is 10.8 Å². The summed E-state index contributed by atoms with van der Waals surface area (Å²) in [5.74, 6) is 0. The molecular formula is C10H11NS. The highest BCUT2D eigenvalue weighted by atomic mass is 32.2. The Labute approximate surface area is 76.4 Å². The Kier molecular flexibility index (Phi) is 1.85. The fourth-order valence-electron chi connectivity index (χ4n) is 1.39. The van der Waals surface area contributed by atoms with Crippen molar-refractivity contribution in [2.45, 2.75) is 4.90 Å². The van der Waals surface area contributed by atoms with E-state index in [0.29, 0.717) is 0 Å². The Morgan fingerprint density at radius 1 is 1.17 bits per heavy atom. The lowest BCUT2D eigenvalue weighted by atomic mass is 10.2. The van der Waals surface area contributed by atoms with E-state index in [9.17, 15) is 0 Å². The molecule has 0 saturated heterocycles. The molecule has 0 aliphatic carbocycles. The Balaban J connectivity index is 2.66. The molecule has 0 spiro atoms. The number of fused-ring (bicyclic) bond motifs is 1. The lowest BCUT2D eigenvalue weighted by molar-refractivity contribution is 0.933. The Morgan fingerprint density at radius 2 is 1.92 bits per heavy atom. The molecule has 12 heavy (non-hydrogen) atoms. The first-order valence-electron chi connectivity index (χ1n) is 3.89. The smallest absolute Gasteiger partial charge is 0.0111 e. The number of benzene rings is 1. The number of aromatic nitrogens is 1. The number of hydrogen-bond donors (Lipinski definition) is 0. The fourth-order valence-corrected chi connectivity index (χ4v) is 1.83. The van der Waals surface area contributed by atoms with Crippen LogP contribution in [0.3, 0.4) is 0 Å². The summed E-state index contributed by atoms with van der Waals surface area (Å²) in [6.07, 6.45) is 6.39. The van der Waals surface area contributed by atoms with Gasteiger partial charge < -0.3 is 4.57 Å². The Hall–Kier alpha value is -0.890. The highest BCUT2D eigenvalue weighted by Crippen LogP contribution is 2.21. The van der Waals surface area contributed by atoms with Gasteiger partial charge in [-0.05, 0) is 23.8 Å². The fraction of sp³-hybridized carbons (Fsp3) is 0.200. The molecule has 0 aliphatic heterocycles. The highest BCUT2D eigenvalue weighted by molar-refractivity contribution is 7.98. The Bertz CT molecular complexity index is 403. The molecule has 0 fully saturated rings. The van der Waals surface area contributed by atoms with E-state index >= 15 is 0 Å². The maximum Gasteiger partial charge on any atom is 0.0111 e. The van der Waals surface area contributed by atoms with Crippen molar-refractivity contribution in [2.24, 2.45) is 7.05 Å². The van der Waals surface area contributed by atoms with Crippen LogP contribution in [0.15, 0.2) is 35.5 Å². The van der Waals surface area contributed by atoms with E-state index in [1.165, 1.54) is 15.7 Å². The molecule has 0 aliphatic rings. The third-order valence-electron chi connectivity index (χ3n) is 1.98. The van der Waals surface area contributed by atoms with Crippen molar-refractivity contribution in [3.63, 3.8) is 0 Å². The summed E-state index contributed by atoms with van der Waals surface area (Å²) in [6, 6.07) is 6.55. The summed E-state index contributed by atoms with van der Waals surface area (Å²) < 4.78 is 2.09. The maximum absolute atomic E-state index is 2.22. The summed E-state index contributed by atoms with van der Waals surface area (Å²) in [4.78, 5) is 1.33. The van der Waals surface area contributed by atoms with E-state index in [1.807, 2.05) is 0 Å². The van der Waals surface area contributed by atoms with E-state index in [1.54, 1.807) is 11.8 Å². The zero-order valence-corrected chi connectivity index (χ0v) is 8.06. The van der Waals surface area contributed by atoms with Gasteiger partial charge in [-0.1, -0.05) is 6.07 Å². The first-order valence-corrected chi connectivity index (χ1v) is 5.12. The van der Waals surface area contributed by atoms with Gasteiger partial charge in [-0.2, -0.15) is 0 Å². The van der Waals surface area contributed by atoms with Gasteiger partial charge in [0.25, 0.3) is 0 Å². The normalized spacial score (nSPS) is 10.8. The van der Waals surface area contributed by atoms with Crippen LogP contribution in [0.4, 0.5) is 0 Å². The molecule has 1 aromatic heterocycles. The molecule has 0 bridgehead atoms. The van der Waals surface area contributed by atoms with Crippen LogP contribution in [0.2, 0.25) is 0 Å². The average molecular weight is 177 g/mol. The van der Waals surface area contributed by atoms with E-state index in [4.69, 9.17) is 0 Å². The summed E-state index contributed by atoms with van der Waals surface area (Å²) in [5, 5.41) is 2.64. The molecule has 0 unspecified atom stereocenters. The van der Waals surface area contributed by atoms with Gasteiger partial charge in [-0.3, -0.25) is 0 Å². The van der Waals surface area contributed by atoms with Crippen LogP contribution in [0.5, 0.6) is 0 Å². The molecule has 0 radical (unpaired) electrons. The van der Waals surface area contributed by atoms with Crippen molar-refractivity contribution in [2.75, 3.05) is 6.26 Å². The molecular weight excluding hydrogens is 166 g/mol. The van der Waals surface area contributed by atoms with Crippen LogP contribution in [0, 0.1) is 0 Å². The second-order valence-electron chi connectivity index (χ2n) is 2.92. The van der Waals surface area contributed by atoms with Crippen LogP contribution in [0.1, 0.15) is 0 Å². The van der Waals surface area contributed by atoms with Crippen LogP contribution >= 0.6 is 11.8 Å². The van der Waals surface area contributed by atoms with Gasteiger partial charge in [0.05, 0.1) is 0 Å². The average Bonchev–Trinajstić information content (AvgIpc) is 2.43. The molecule has 1 nitrogen and oxygen atoms in total. The predicted octanol–water partition coefficient (Wildman–Crippen LogP) is 2.90. The molecule has 0 atom stereocenters. The topological polar surface area (TPSA) is 4.93 Å². The number of rotatable bonds is 1. The molecule has 0 amide bonds. The summed E-state index contributed by atoms with van der Waals surface area (Å²) in [7, 11) is 2.05. The largest absolute Gasteiger partial charge is 0.356 e. The standard InChI is InChI=1S/C10H11NS/c1-11-6-8-3-4-10(12-2)5-9(8)7-11/h3-7H,1-2H3. The van der Waals surface area contributed by atoms with Crippen molar-refractivity contribution in [3.8, 4) is 0 Å². The highest BCUT2D eigenvalue weighted by Gasteiger charge is 1.96. The Morgan fingerprint density at radius 3 is 2.67 bits per heavy atom. The third kappa shape index (κ3) is 1.23. The van der Waals surface area contributed by atoms with E-state index in [0.717, 1.165) is 0 Å². The number of hydrogen-bond acceptors (Lipinski definition) is 1. The zero-order chi connectivity index (χ0) is 8.55. The van der Waals surface area contributed by atoms with Gasteiger partial charge in [0.15, 0.2) is 0 Å². The lowest BCUT2D eigenvalue weighted by Crippen LogP contribution is -1.76. The summed E-state index contributed by atoms with van der Waals surface area (Å²) in [5.41, 5.74) is 0. The number of nitrogens with zero attached hydrogens (tertiary/aromatic N) is 1. The minimum Gasteiger partial charge on any atom is -0.356 e. The molecule has 0 saturated carbocycles. The zero-order valence-electron chi connectivity index (χ0n) is 7.24. The molecule has 2 heteroatoms.